The van der Waals surface area contributed by atoms with Gasteiger partial charge in [0.05, 0.1) is 77.0 Å². The summed E-state index contributed by atoms with van der Waals surface area (Å²) in [6, 6.07) is 88.4. The van der Waals surface area contributed by atoms with Crippen molar-refractivity contribution >= 4 is 152 Å². The summed E-state index contributed by atoms with van der Waals surface area (Å²) in [6.07, 6.45) is 48.3. The maximum Gasteiger partial charge on any atom is 0.336 e. The maximum atomic E-state index is 11.1. The molecule has 19 nitrogen and oxygen atoms in total. The summed E-state index contributed by atoms with van der Waals surface area (Å²) in [5.74, 6) is 4.67. The standard InChI is InChI=1S/4C14H11N.C9H10O2.2C9H6O2.C9H12O.C8H8O2.C8H10O.C7H8.C6H12O2.C2H6O.C2H6.2CH4O/c4*1-2-15-13-9-5-3-7-11(13)12-8-4-6-10-14(12)15;1-11-9(10)8-5-6-2-3-7(8)4-6;2*10-9-6-5-7-3-1-2-4-8(7)11-9;1-10-6-9-5-7-2-3-8(9)4-7;9-8(10)7-4-5-1-2-6(7)3-5;9-5-8-4-6-1-2-7(8)3-6;1-2-7-4-3-6(1)5-7;1-6(2,3)5(7)8-4;1-3-2;3*1-2/h4*2-10H,1H2;2-3,5-7H,4H2,1H3;2*1-6H;2-3,5,7-8H,4,6H2,1H3;1-2,4-6H,3H2,(H,9,10);1-2,4,6-7,9H,3,5H2;1-4,6-7H,5H2;1-4H3;1-2H3;1-2H3;2*2H,1H3. The molecule has 0 radical (unpaired) electrons. The number of carboxylic acids is 1. The van der Waals surface area contributed by atoms with Gasteiger partial charge in [-0.1, -0.05) is 319 Å². The average Bonchev–Trinajstić information content (AvgIpc) is 1.62. The van der Waals surface area contributed by atoms with Crippen LogP contribution in [0.3, 0.4) is 0 Å². The Morgan fingerprint density at radius 2 is 0.603 bits per heavy atom. The monoisotopic (exact) mass is 1960 g/mol. The Morgan fingerprint density at radius 3 is 0.801 bits per heavy atom. The van der Waals surface area contributed by atoms with Crippen LogP contribution in [0.15, 0.2) is 431 Å². The van der Waals surface area contributed by atoms with E-state index in [-0.39, 0.29) is 41.1 Å². The van der Waals surface area contributed by atoms with Gasteiger partial charge in [-0.15, -0.1) is 0 Å². The second-order valence-corrected chi connectivity index (χ2v) is 36.1. The lowest BCUT2D eigenvalue weighted by molar-refractivity contribution is -0.149. The van der Waals surface area contributed by atoms with Crippen molar-refractivity contribution in [3.63, 3.8) is 0 Å². The van der Waals surface area contributed by atoms with Crippen LogP contribution in [0.4, 0.5) is 0 Å². The number of aliphatic carboxylic acids is 1. The number of carbonyl (C=O) groups is 3. The van der Waals surface area contributed by atoms with E-state index in [2.05, 4.69) is 332 Å². The molecule has 0 spiro atoms. The second-order valence-electron chi connectivity index (χ2n) is 36.1. The van der Waals surface area contributed by atoms with Gasteiger partial charge < -0.3 is 66.5 Å². The predicted molar refractivity (Wildman–Crippen MR) is 604 cm³/mol. The van der Waals surface area contributed by atoms with E-state index in [1.807, 2.05) is 114 Å². The molecule has 0 amide bonds. The van der Waals surface area contributed by atoms with Crippen LogP contribution in [-0.4, -0.2) is 120 Å². The number of benzene rings is 10. The number of carboxylic acid groups (broad SMARTS) is 1. The van der Waals surface area contributed by atoms with Crippen LogP contribution in [0.2, 0.25) is 0 Å². The fourth-order valence-corrected chi connectivity index (χ4v) is 19.2. The molecule has 0 saturated heterocycles. The molecule has 10 aliphatic carbocycles. The van der Waals surface area contributed by atoms with Crippen LogP contribution in [0.1, 0.15) is 66.7 Å². The molecule has 4 N–H and O–H groups in total. The van der Waals surface area contributed by atoms with E-state index in [0.717, 1.165) is 67.8 Å². The summed E-state index contributed by atoms with van der Waals surface area (Å²) in [5.41, 5.74) is 14.2. The van der Waals surface area contributed by atoms with E-state index in [4.69, 9.17) is 34.0 Å². The minimum absolute atomic E-state index is 0.165. The smallest absolute Gasteiger partial charge is 0.336 e. The largest absolute Gasteiger partial charge is 0.478 e. The summed E-state index contributed by atoms with van der Waals surface area (Å²) in [5, 5.41) is 43.6. The van der Waals surface area contributed by atoms with Crippen molar-refractivity contribution in [2.45, 2.75) is 66.7 Å². The van der Waals surface area contributed by atoms with Crippen molar-refractivity contribution in [1.82, 2.24) is 18.3 Å². The van der Waals surface area contributed by atoms with Gasteiger partial charge in [0.15, 0.2) is 0 Å². The minimum atomic E-state index is -0.753. The number of rotatable bonds is 9. The first kappa shape index (κ1) is 111. The number of ether oxygens (including phenoxy) is 4. The number of para-hydroxylation sites is 10. The molecule has 26 rings (SSSR count). The predicted octanol–water partition coefficient (Wildman–Crippen LogP) is 28.0. The van der Waals surface area contributed by atoms with Crippen LogP contribution < -0.4 is 11.3 Å². The number of methoxy groups -OCH3 is 4. The van der Waals surface area contributed by atoms with E-state index in [9.17, 15) is 24.0 Å². The third-order valence-electron chi connectivity index (χ3n) is 25.8. The zero-order valence-electron chi connectivity index (χ0n) is 85.6. The summed E-state index contributed by atoms with van der Waals surface area (Å²) in [7, 11) is 9.84. The Bertz CT molecular complexity index is 6830. The summed E-state index contributed by atoms with van der Waals surface area (Å²) in [6.45, 7) is 26.0. The molecular weight excluding hydrogens is 1820 g/mol. The van der Waals surface area contributed by atoms with Gasteiger partial charge in [-0.3, -0.25) is 4.79 Å². The number of hydrogen-bond acceptors (Lipinski definition) is 14. The Morgan fingerprint density at radius 1 is 0.342 bits per heavy atom. The van der Waals surface area contributed by atoms with E-state index in [1.54, 1.807) is 45.6 Å². The maximum absolute atomic E-state index is 11.1. The molecule has 10 bridgehead atoms. The van der Waals surface area contributed by atoms with Crippen molar-refractivity contribution in [2.24, 2.45) is 64.6 Å². The van der Waals surface area contributed by atoms with Crippen LogP contribution >= 0.6 is 0 Å². The van der Waals surface area contributed by atoms with Crippen LogP contribution in [0, 0.1) is 64.6 Å². The Labute approximate surface area is 855 Å². The average molecular weight is 1960 g/mol. The summed E-state index contributed by atoms with van der Waals surface area (Å²) >= 11 is 0. The SMILES string of the molecule is C1=CC2C=CC1C2.C=Cn1c2ccccc2c2ccccc21.C=Cn1c2ccccc2c2ccccc21.C=Cn1c2ccccc2c2ccccc21.C=Cn1c2ccccc2c2ccccc21.CC.CO.CO.COC.COC(=O)C(C)(C)C.COC(=O)C1=CC2C=CC1C2.COCC1=CC2C=CC1C2.O=C(O)C1=CC2C=CC1C2.O=c1ccc2ccccc2o1.O=c1ccc2ccccc2o1.OCC1=CC2C=CC1C2. The topological polar surface area (TPSA) is 249 Å². The van der Waals surface area contributed by atoms with Crippen molar-refractivity contribution < 1.29 is 62.6 Å². The molecule has 0 saturated carbocycles. The first-order valence-corrected chi connectivity index (χ1v) is 49.2. The molecule has 8 atom stereocenters. The van der Waals surface area contributed by atoms with Gasteiger partial charge in [-0.25, -0.2) is 19.2 Å². The lowest BCUT2D eigenvalue weighted by atomic mass is 9.98. The zero-order chi connectivity index (χ0) is 105. The van der Waals surface area contributed by atoms with Gasteiger partial charge in [-0.2, -0.15) is 0 Å². The van der Waals surface area contributed by atoms with E-state index >= 15 is 0 Å². The number of hydrogen-bond donors (Lipinski definition) is 4. The number of esters is 2. The van der Waals surface area contributed by atoms with Crippen molar-refractivity contribution in [3.05, 3.63) is 434 Å². The molecule has 8 unspecified atom stereocenters. The van der Waals surface area contributed by atoms with Crippen LogP contribution in [0.25, 0.3) is 134 Å². The van der Waals surface area contributed by atoms with Gasteiger partial charge in [-0.05, 0) is 172 Å². The molecule has 0 fully saturated rings. The minimum Gasteiger partial charge on any atom is -0.478 e. The second kappa shape index (κ2) is 55.3. The molecule has 6 aromatic heterocycles. The normalized spacial score (nSPS) is 18.5. The molecular formula is C127H136N4O15. The van der Waals surface area contributed by atoms with E-state index in [1.165, 1.54) is 144 Å². The molecule has 0 aliphatic heterocycles. The number of aliphatic hydroxyl groups is 3. The Hall–Kier alpha value is -15.6. The van der Waals surface area contributed by atoms with Gasteiger partial charge in [0, 0.05) is 161 Å². The molecule has 10 aromatic carbocycles. The number of allylic oxidation sites excluding steroid dienone is 16. The highest BCUT2D eigenvalue weighted by molar-refractivity contribution is 6.12. The fraction of sp³-hybridized carbons (Fsp3) is 0.236. The van der Waals surface area contributed by atoms with Gasteiger partial charge in [0.25, 0.3) is 0 Å². The number of fused-ring (bicyclic) bond motifs is 24. The number of carbonyl (C=O) groups excluding carboxylic acids is 2. The highest BCUT2D eigenvalue weighted by atomic mass is 16.5. The van der Waals surface area contributed by atoms with Crippen molar-refractivity contribution in [2.75, 3.05) is 63.0 Å². The number of nitrogens with zero attached hydrogens (tertiary/aromatic N) is 4. The molecule has 6 heterocycles. The molecule has 10 aliphatic rings. The van der Waals surface area contributed by atoms with E-state index in [0.29, 0.717) is 52.2 Å². The highest BCUT2D eigenvalue weighted by Gasteiger charge is 2.34. The lowest BCUT2D eigenvalue weighted by Crippen LogP contribution is -2.21. The quantitative estimate of drug-likeness (QED) is 0.0596. The number of aromatic nitrogens is 4. The van der Waals surface area contributed by atoms with Crippen LogP contribution in [-0.2, 0) is 33.3 Å². The first-order chi connectivity index (χ1) is 71.1. The first-order valence-electron chi connectivity index (χ1n) is 49.2. The summed E-state index contributed by atoms with van der Waals surface area (Å²) < 4.78 is 36.8. The van der Waals surface area contributed by atoms with Crippen molar-refractivity contribution in [3.8, 4) is 0 Å². The van der Waals surface area contributed by atoms with Crippen LogP contribution in [0.5, 0.6) is 0 Å². The number of aliphatic hydroxyl groups excluding tert-OH is 3. The molecule has 19 heteroatoms. The fourth-order valence-electron chi connectivity index (χ4n) is 19.2. The highest BCUT2D eigenvalue weighted by Crippen LogP contribution is 2.43. The zero-order valence-corrected chi connectivity index (χ0v) is 85.6. The van der Waals surface area contributed by atoms with Gasteiger partial charge in [0.2, 0.25) is 0 Å². The summed E-state index contributed by atoms with van der Waals surface area (Å²) in [4.78, 5) is 53.6. The molecule has 16 aromatic rings. The Kier molecular flexibility index (Phi) is 42.0. The van der Waals surface area contributed by atoms with Gasteiger partial charge in [0.1, 0.15) is 11.2 Å². The van der Waals surface area contributed by atoms with Gasteiger partial charge >= 0.3 is 29.2 Å². The Balaban J connectivity index is 0.000000151. The van der Waals surface area contributed by atoms with Crippen molar-refractivity contribution in [1.29, 1.82) is 0 Å². The molecule has 146 heavy (non-hydrogen) atoms. The molecule has 754 valence electrons. The lowest BCUT2D eigenvalue weighted by Gasteiger charge is -2.13. The third kappa shape index (κ3) is 27.9. The third-order valence-corrected chi connectivity index (χ3v) is 25.8. The van der Waals surface area contributed by atoms with E-state index < -0.39 is 5.97 Å².